The highest BCUT2D eigenvalue weighted by molar-refractivity contribution is 6.17. The Hall–Kier alpha value is -1.74. The van der Waals surface area contributed by atoms with Crippen LogP contribution in [0, 0.1) is 11.3 Å². The van der Waals surface area contributed by atoms with Crippen LogP contribution < -0.4 is 0 Å². The van der Waals surface area contributed by atoms with Crippen LogP contribution in [0.5, 0.6) is 0 Å². The summed E-state index contributed by atoms with van der Waals surface area (Å²) in [4.78, 5) is 11.4. The summed E-state index contributed by atoms with van der Waals surface area (Å²) in [6.45, 7) is 1.62. The van der Waals surface area contributed by atoms with Gasteiger partial charge in [0, 0.05) is 5.88 Å². The van der Waals surface area contributed by atoms with E-state index in [1.165, 1.54) is 12.1 Å². The van der Waals surface area contributed by atoms with E-state index in [1.54, 1.807) is 6.92 Å². The lowest BCUT2D eigenvalue weighted by Gasteiger charge is -2.15. The molecule has 0 aliphatic rings. The fourth-order valence-corrected chi connectivity index (χ4v) is 1.93. The lowest BCUT2D eigenvalue weighted by molar-refractivity contribution is -0.143. The summed E-state index contributed by atoms with van der Waals surface area (Å²) in [6.07, 6.45) is -5.28. The summed E-state index contributed by atoms with van der Waals surface area (Å²) >= 11 is 5.59. The van der Waals surface area contributed by atoms with Crippen LogP contribution >= 0.6 is 11.6 Å². The molecule has 0 aromatic heterocycles. The lowest BCUT2D eigenvalue weighted by atomic mass is 9.96. The minimum atomic E-state index is -4.72. The lowest BCUT2D eigenvalue weighted by Crippen LogP contribution is -2.16. The molecule has 0 spiro atoms. The van der Waals surface area contributed by atoms with Crippen LogP contribution in [-0.4, -0.2) is 12.6 Å². The molecule has 0 radical (unpaired) electrons. The minimum absolute atomic E-state index is 0.0529. The smallest absolute Gasteiger partial charge is 0.417 e. The molecule has 7 heteroatoms. The molecule has 0 saturated carbocycles. The zero-order valence-corrected chi connectivity index (χ0v) is 11.3. The van der Waals surface area contributed by atoms with Gasteiger partial charge < -0.3 is 4.74 Å². The Bertz CT molecular complexity index is 550. The van der Waals surface area contributed by atoms with E-state index >= 15 is 0 Å². The molecule has 108 valence electrons. The summed E-state index contributed by atoms with van der Waals surface area (Å²) in [5, 5.41) is 8.85. The summed E-state index contributed by atoms with van der Waals surface area (Å²) in [7, 11) is 0. The van der Waals surface area contributed by atoms with Crippen LogP contribution in [0.25, 0.3) is 0 Å². The van der Waals surface area contributed by atoms with Crippen LogP contribution in [-0.2, 0) is 28.0 Å². The van der Waals surface area contributed by atoms with Gasteiger partial charge in [-0.05, 0) is 24.1 Å². The van der Waals surface area contributed by atoms with E-state index in [-0.39, 0.29) is 18.1 Å². The fourth-order valence-electron chi connectivity index (χ4n) is 1.78. The van der Waals surface area contributed by atoms with Crippen molar-refractivity contribution in [3.8, 4) is 6.07 Å². The summed E-state index contributed by atoms with van der Waals surface area (Å²) in [5.41, 5.74) is -1.61. The minimum Gasteiger partial charge on any atom is -0.466 e. The molecular weight excluding hydrogens is 295 g/mol. The molecule has 0 aliphatic heterocycles. The SMILES string of the molecule is CCOC(=O)Cc1cc(CCl)cc(C#N)c1C(F)(F)F. The topological polar surface area (TPSA) is 50.1 Å². The molecule has 0 amide bonds. The number of carbonyl (C=O) groups excluding carboxylic acids is 1. The van der Waals surface area contributed by atoms with E-state index in [2.05, 4.69) is 4.74 Å². The third kappa shape index (κ3) is 3.87. The molecule has 0 bridgehead atoms. The van der Waals surface area contributed by atoms with Crippen molar-refractivity contribution in [1.82, 2.24) is 0 Å². The Morgan fingerprint density at radius 2 is 2.10 bits per heavy atom. The van der Waals surface area contributed by atoms with Crippen LogP contribution in [0.4, 0.5) is 13.2 Å². The Morgan fingerprint density at radius 3 is 2.55 bits per heavy atom. The summed E-state index contributed by atoms with van der Waals surface area (Å²) in [5.74, 6) is -0.837. The predicted molar refractivity (Wildman–Crippen MR) is 66.1 cm³/mol. The first kappa shape index (κ1) is 16.3. The number of ether oxygens (including phenoxy) is 1. The van der Waals surface area contributed by atoms with Crippen molar-refractivity contribution in [2.24, 2.45) is 0 Å². The van der Waals surface area contributed by atoms with Gasteiger partial charge in [0.15, 0.2) is 0 Å². The molecule has 0 saturated heterocycles. The van der Waals surface area contributed by atoms with Crippen molar-refractivity contribution in [3.05, 3.63) is 34.4 Å². The Balaban J connectivity index is 3.38. The number of nitrogens with zero attached hydrogens (tertiary/aromatic N) is 1. The van der Waals surface area contributed by atoms with Gasteiger partial charge in [-0.25, -0.2) is 0 Å². The van der Waals surface area contributed by atoms with Crippen molar-refractivity contribution in [2.75, 3.05) is 6.61 Å². The second-order valence-electron chi connectivity index (χ2n) is 3.90. The van der Waals surface area contributed by atoms with Gasteiger partial charge in [0.2, 0.25) is 0 Å². The molecular formula is C13H11ClF3NO2. The van der Waals surface area contributed by atoms with Crippen molar-refractivity contribution in [1.29, 1.82) is 5.26 Å². The molecule has 0 aliphatic carbocycles. The number of benzene rings is 1. The van der Waals surface area contributed by atoms with Crippen molar-refractivity contribution < 1.29 is 22.7 Å². The molecule has 0 heterocycles. The highest BCUT2D eigenvalue weighted by Gasteiger charge is 2.37. The number of halogens is 4. The summed E-state index contributed by atoms with van der Waals surface area (Å²) < 4.78 is 43.7. The maximum absolute atomic E-state index is 13.0. The Labute approximate surface area is 118 Å². The highest BCUT2D eigenvalue weighted by atomic mass is 35.5. The van der Waals surface area contributed by atoms with Gasteiger partial charge in [-0.15, -0.1) is 11.6 Å². The Morgan fingerprint density at radius 1 is 1.45 bits per heavy atom. The van der Waals surface area contributed by atoms with Gasteiger partial charge in [0.1, 0.15) is 0 Å². The molecule has 3 nitrogen and oxygen atoms in total. The number of rotatable bonds is 4. The van der Waals surface area contributed by atoms with E-state index < -0.39 is 29.7 Å². The van der Waals surface area contributed by atoms with Gasteiger partial charge in [0.05, 0.1) is 30.2 Å². The standard InChI is InChI=1S/C13H11ClF3NO2/c1-2-20-11(19)5-9-3-8(6-14)4-10(7-18)12(9)13(15,16)17/h3-4H,2,5-6H2,1H3. The van der Waals surface area contributed by atoms with Crippen LogP contribution in [0.1, 0.15) is 29.2 Å². The van der Waals surface area contributed by atoms with E-state index in [0.717, 1.165) is 6.07 Å². The first-order chi connectivity index (χ1) is 9.33. The van der Waals surface area contributed by atoms with Crippen molar-refractivity contribution in [3.63, 3.8) is 0 Å². The van der Waals surface area contributed by atoms with E-state index in [0.29, 0.717) is 5.56 Å². The van der Waals surface area contributed by atoms with E-state index in [9.17, 15) is 18.0 Å². The van der Waals surface area contributed by atoms with E-state index in [1.807, 2.05) is 0 Å². The highest BCUT2D eigenvalue weighted by Crippen LogP contribution is 2.36. The molecule has 1 aromatic carbocycles. The molecule has 0 fully saturated rings. The number of carbonyl (C=O) groups is 1. The average Bonchev–Trinajstić information content (AvgIpc) is 2.36. The van der Waals surface area contributed by atoms with Crippen LogP contribution in [0.15, 0.2) is 12.1 Å². The summed E-state index contributed by atoms with van der Waals surface area (Å²) in [6, 6.07) is 3.74. The second kappa shape index (κ2) is 6.62. The molecule has 1 aromatic rings. The van der Waals surface area contributed by atoms with Crippen molar-refractivity contribution in [2.45, 2.75) is 25.4 Å². The number of nitriles is 1. The molecule has 0 N–H and O–H groups in total. The fraction of sp³-hybridized carbons (Fsp3) is 0.385. The maximum Gasteiger partial charge on any atom is 0.417 e. The van der Waals surface area contributed by atoms with Gasteiger partial charge in [-0.1, -0.05) is 6.07 Å². The molecule has 20 heavy (non-hydrogen) atoms. The second-order valence-corrected chi connectivity index (χ2v) is 4.17. The number of hydrogen-bond donors (Lipinski definition) is 0. The number of hydrogen-bond acceptors (Lipinski definition) is 3. The van der Waals surface area contributed by atoms with Crippen LogP contribution in [0.3, 0.4) is 0 Å². The van der Waals surface area contributed by atoms with E-state index in [4.69, 9.17) is 16.9 Å². The van der Waals surface area contributed by atoms with Gasteiger partial charge in [-0.3, -0.25) is 4.79 Å². The van der Waals surface area contributed by atoms with Gasteiger partial charge in [0.25, 0.3) is 0 Å². The number of alkyl halides is 4. The largest absolute Gasteiger partial charge is 0.466 e. The maximum atomic E-state index is 13.0. The normalized spacial score (nSPS) is 11.0. The first-order valence-electron chi connectivity index (χ1n) is 5.68. The Kier molecular flexibility index (Phi) is 5.40. The first-order valence-corrected chi connectivity index (χ1v) is 6.21. The molecule has 0 atom stereocenters. The zero-order valence-electron chi connectivity index (χ0n) is 10.6. The van der Waals surface area contributed by atoms with Gasteiger partial charge in [-0.2, -0.15) is 18.4 Å². The zero-order chi connectivity index (χ0) is 15.3. The molecule has 1 rings (SSSR count). The average molecular weight is 306 g/mol. The molecule has 0 unspecified atom stereocenters. The third-order valence-corrected chi connectivity index (χ3v) is 2.79. The van der Waals surface area contributed by atoms with Gasteiger partial charge >= 0.3 is 12.1 Å². The third-order valence-electron chi connectivity index (χ3n) is 2.48. The predicted octanol–water partition coefficient (Wildman–Crippen LogP) is 3.42. The van der Waals surface area contributed by atoms with Crippen LogP contribution in [0.2, 0.25) is 0 Å². The van der Waals surface area contributed by atoms with Crippen molar-refractivity contribution >= 4 is 17.6 Å². The number of esters is 1. The quantitative estimate of drug-likeness (QED) is 0.632. The monoisotopic (exact) mass is 305 g/mol.